The number of halogens is 3. The van der Waals surface area contributed by atoms with Gasteiger partial charge in [0, 0.05) is 0 Å². The molecule has 0 spiro atoms. The maximum atomic E-state index is 9.51. The van der Waals surface area contributed by atoms with E-state index in [0.29, 0.717) is 21.5 Å². The van der Waals surface area contributed by atoms with Crippen LogP contribution < -0.4 is 4.74 Å². The zero-order valence-electron chi connectivity index (χ0n) is 10.0. The van der Waals surface area contributed by atoms with E-state index in [1.807, 2.05) is 0 Å². The monoisotopic (exact) mass is 360 g/mol. The minimum Gasteiger partial charge on any atom is -0.455 e. The fourth-order valence-corrected chi connectivity index (χ4v) is 2.35. The second-order valence-electron chi connectivity index (χ2n) is 4.02. The van der Waals surface area contributed by atoms with Crippen molar-refractivity contribution in [2.45, 2.75) is 13.0 Å². The van der Waals surface area contributed by atoms with Gasteiger partial charge >= 0.3 is 0 Å². The Labute approximate surface area is 130 Å². The molecular weight excluding hydrogens is 351 g/mol. The Hall–Kier alpha value is -0.740. The number of hydrogen-bond acceptors (Lipinski definition) is 2. The van der Waals surface area contributed by atoms with Gasteiger partial charge < -0.3 is 9.84 Å². The molecule has 0 radical (unpaired) electrons. The Kier molecular flexibility index (Phi) is 4.74. The summed E-state index contributed by atoms with van der Waals surface area (Å²) in [5.74, 6) is 1.09. The van der Waals surface area contributed by atoms with E-state index in [2.05, 4.69) is 15.9 Å². The van der Waals surface area contributed by atoms with E-state index < -0.39 is 6.10 Å². The van der Waals surface area contributed by atoms with Gasteiger partial charge in [0.05, 0.1) is 15.6 Å². The largest absolute Gasteiger partial charge is 0.455 e. The number of ether oxygens (including phenoxy) is 1. The Bertz CT molecular complexity index is 600. The van der Waals surface area contributed by atoms with Gasteiger partial charge in [-0.05, 0) is 52.7 Å². The number of rotatable bonds is 3. The zero-order chi connectivity index (χ0) is 14.0. The minimum atomic E-state index is -0.528. The van der Waals surface area contributed by atoms with Crippen LogP contribution in [0.4, 0.5) is 0 Å². The molecule has 2 nitrogen and oxygen atoms in total. The van der Waals surface area contributed by atoms with Crippen molar-refractivity contribution in [1.29, 1.82) is 0 Å². The topological polar surface area (TPSA) is 29.5 Å². The molecule has 0 saturated carbocycles. The summed E-state index contributed by atoms with van der Waals surface area (Å²) in [6, 6.07) is 10.6. The first-order chi connectivity index (χ1) is 8.99. The summed E-state index contributed by atoms with van der Waals surface area (Å²) in [6.07, 6.45) is -0.528. The van der Waals surface area contributed by atoms with Crippen molar-refractivity contribution in [1.82, 2.24) is 0 Å². The average molecular weight is 362 g/mol. The van der Waals surface area contributed by atoms with Crippen molar-refractivity contribution in [3.05, 3.63) is 56.5 Å². The first-order valence-corrected chi connectivity index (χ1v) is 7.13. The molecule has 0 aliphatic heterocycles. The molecule has 2 aromatic rings. The molecule has 1 unspecified atom stereocenters. The highest BCUT2D eigenvalue weighted by Crippen LogP contribution is 2.37. The van der Waals surface area contributed by atoms with Gasteiger partial charge in [-0.15, -0.1) is 0 Å². The molecule has 2 aromatic carbocycles. The second-order valence-corrected chi connectivity index (χ2v) is 5.66. The summed E-state index contributed by atoms with van der Waals surface area (Å²) in [4.78, 5) is 0. The van der Waals surface area contributed by atoms with E-state index in [4.69, 9.17) is 27.9 Å². The van der Waals surface area contributed by atoms with E-state index in [1.54, 1.807) is 43.3 Å². The molecule has 0 fully saturated rings. The number of aliphatic hydroxyl groups is 1. The fourth-order valence-electron chi connectivity index (χ4n) is 1.54. The quantitative estimate of drug-likeness (QED) is 0.770. The zero-order valence-corrected chi connectivity index (χ0v) is 13.1. The molecule has 0 saturated heterocycles. The number of hydrogen-bond donors (Lipinski definition) is 1. The first-order valence-electron chi connectivity index (χ1n) is 5.58. The van der Waals surface area contributed by atoms with Gasteiger partial charge in [0.15, 0.2) is 0 Å². The standard InChI is InChI=1S/C14H11BrCl2O2/c1-8(18)9-5-6-12(10(15)7-9)19-13-4-2-3-11(16)14(13)17/h2-8,18H,1H3. The van der Waals surface area contributed by atoms with Crippen LogP contribution in [0.2, 0.25) is 10.0 Å². The Morgan fingerprint density at radius 2 is 1.89 bits per heavy atom. The van der Waals surface area contributed by atoms with Crippen LogP contribution in [0.5, 0.6) is 11.5 Å². The van der Waals surface area contributed by atoms with Gasteiger partial charge in [0.25, 0.3) is 0 Å². The minimum absolute atomic E-state index is 0.371. The van der Waals surface area contributed by atoms with E-state index in [0.717, 1.165) is 10.0 Å². The molecule has 5 heteroatoms. The molecular formula is C14H11BrCl2O2. The van der Waals surface area contributed by atoms with Crippen LogP contribution in [0.3, 0.4) is 0 Å². The highest BCUT2D eigenvalue weighted by Gasteiger charge is 2.10. The van der Waals surface area contributed by atoms with Gasteiger partial charge in [-0.2, -0.15) is 0 Å². The lowest BCUT2D eigenvalue weighted by Gasteiger charge is -2.12. The lowest BCUT2D eigenvalue weighted by Crippen LogP contribution is -1.92. The summed E-state index contributed by atoms with van der Waals surface area (Å²) in [6.45, 7) is 1.70. The lowest BCUT2D eigenvalue weighted by molar-refractivity contribution is 0.199. The van der Waals surface area contributed by atoms with Crippen molar-refractivity contribution in [3.8, 4) is 11.5 Å². The Morgan fingerprint density at radius 1 is 1.16 bits per heavy atom. The predicted molar refractivity (Wildman–Crippen MR) is 81.3 cm³/mol. The lowest BCUT2D eigenvalue weighted by atomic mass is 10.1. The third-order valence-corrected chi connectivity index (χ3v) is 4.00. The third-order valence-electron chi connectivity index (χ3n) is 2.57. The molecule has 0 aromatic heterocycles. The van der Waals surface area contributed by atoms with Crippen LogP contribution in [0.25, 0.3) is 0 Å². The molecule has 0 aliphatic rings. The summed E-state index contributed by atoms with van der Waals surface area (Å²) < 4.78 is 6.45. The molecule has 0 bridgehead atoms. The van der Waals surface area contributed by atoms with Crippen LogP contribution >= 0.6 is 39.1 Å². The van der Waals surface area contributed by atoms with Gasteiger partial charge in [-0.1, -0.05) is 35.3 Å². The van der Waals surface area contributed by atoms with Gasteiger partial charge in [-0.3, -0.25) is 0 Å². The molecule has 100 valence electrons. The maximum absolute atomic E-state index is 9.51. The first kappa shape index (κ1) is 14.7. The summed E-state index contributed by atoms with van der Waals surface area (Å²) in [5, 5.41) is 10.3. The molecule has 1 atom stereocenters. The van der Waals surface area contributed by atoms with E-state index in [-0.39, 0.29) is 0 Å². The average Bonchev–Trinajstić information content (AvgIpc) is 2.37. The summed E-state index contributed by atoms with van der Waals surface area (Å²) in [7, 11) is 0. The van der Waals surface area contributed by atoms with Crippen LogP contribution in [0.15, 0.2) is 40.9 Å². The predicted octanol–water partition coefficient (Wildman–Crippen LogP) is 5.60. The van der Waals surface area contributed by atoms with Crippen molar-refractivity contribution < 1.29 is 9.84 Å². The van der Waals surface area contributed by atoms with Crippen molar-refractivity contribution in [2.75, 3.05) is 0 Å². The van der Waals surface area contributed by atoms with E-state index in [1.165, 1.54) is 0 Å². The second kappa shape index (κ2) is 6.14. The molecule has 19 heavy (non-hydrogen) atoms. The van der Waals surface area contributed by atoms with E-state index >= 15 is 0 Å². The smallest absolute Gasteiger partial charge is 0.147 e. The van der Waals surface area contributed by atoms with Crippen molar-refractivity contribution in [3.63, 3.8) is 0 Å². The fraction of sp³-hybridized carbons (Fsp3) is 0.143. The molecule has 0 heterocycles. The van der Waals surface area contributed by atoms with Crippen molar-refractivity contribution in [2.24, 2.45) is 0 Å². The maximum Gasteiger partial charge on any atom is 0.147 e. The Morgan fingerprint density at radius 3 is 2.53 bits per heavy atom. The molecule has 0 amide bonds. The van der Waals surface area contributed by atoms with Gasteiger partial charge in [0.1, 0.15) is 16.5 Å². The molecule has 1 N–H and O–H groups in total. The highest BCUT2D eigenvalue weighted by molar-refractivity contribution is 9.10. The van der Waals surface area contributed by atoms with Crippen molar-refractivity contribution >= 4 is 39.1 Å². The summed E-state index contributed by atoms with van der Waals surface area (Å²) in [5.41, 5.74) is 0.802. The number of aliphatic hydroxyl groups excluding tert-OH is 1. The summed E-state index contributed by atoms with van der Waals surface area (Å²) >= 11 is 15.4. The third kappa shape index (κ3) is 3.42. The molecule has 0 aliphatic carbocycles. The molecule has 2 rings (SSSR count). The highest BCUT2D eigenvalue weighted by atomic mass is 79.9. The number of benzene rings is 2. The normalized spacial score (nSPS) is 12.3. The van der Waals surface area contributed by atoms with Crippen LogP contribution in [0.1, 0.15) is 18.6 Å². The van der Waals surface area contributed by atoms with Crippen LogP contribution in [-0.2, 0) is 0 Å². The van der Waals surface area contributed by atoms with Gasteiger partial charge in [-0.25, -0.2) is 0 Å². The van der Waals surface area contributed by atoms with Gasteiger partial charge in [0.2, 0.25) is 0 Å². The van der Waals surface area contributed by atoms with Crippen LogP contribution in [-0.4, -0.2) is 5.11 Å². The Balaban J connectivity index is 2.31. The van der Waals surface area contributed by atoms with E-state index in [9.17, 15) is 5.11 Å². The SMILES string of the molecule is CC(O)c1ccc(Oc2cccc(Cl)c2Cl)c(Br)c1. The van der Waals surface area contributed by atoms with Crippen LogP contribution in [0, 0.1) is 0 Å².